The van der Waals surface area contributed by atoms with E-state index in [0.29, 0.717) is 31.4 Å². The van der Waals surface area contributed by atoms with E-state index in [1.807, 2.05) is 0 Å². The topological polar surface area (TPSA) is 361 Å². The molecule has 7 unspecified atom stereocenters. The van der Waals surface area contributed by atoms with E-state index in [9.17, 15) is 53.7 Å². The number of nitrogens with two attached hydrogens (primary N) is 4. The van der Waals surface area contributed by atoms with Crippen molar-refractivity contribution in [3.05, 3.63) is 29.8 Å². The molecule has 0 radical (unpaired) electrons. The molecule has 0 aliphatic carbocycles. The van der Waals surface area contributed by atoms with Crippen LogP contribution >= 0.6 is 0 Å². The van der Waals surface area contributed by atoms with Crippen LogP contribution in [-0.2, 0) is 44.8 Å². The van der Waals surface area contributed by atoms with E-state index in [4.69, 9.17) is 22.9 Å². The second kappa shape index (κ2) is 23.3. The number of aliphatic carboxylic acids is 1. The van der Waals surface area contributed by atoms with Crippen LogP contribution in [0.1, 0.15) is 64.4 Å². The third-order valence-corrected chi connectivity index (χ3v) is 8.25. The van der Waals surface area contributed by atoms with Crippen molar-refractivity contribution in [2.24, 2.45) is 28.9 Å². The third kappa shape index (κ3) is 16.7. The zero-order valence-electron chi connectivity index (χ0n) is 29.8. The Balaban J connectivity index is 3.26. The van der Waals surface area contributed by atoms with E-state index in [0.717, 1.165) is 0 Å². The van der Waals surface area contributed by atoms with Crippen LogP contribution < -0.4 is 49.5 Å². The number of aromatic hydroxyl groups is 1. The second-order valence-corrected chi connectivity index (χ2v) is 12.6. The molecule has 53 heavy (non-hydrogen) atoms. The number of carbonyl (C=O) groups excluding carboxylic acids is 7. The molecule has 296 valence electrons. The van der Waals surface area contributed by atoms with Crippen LogP contribution in [0.4, 0.5) is 0 Å². The van der Waals surface area contributed by atoms with Crippen LogP contribution in [-0.4, -0.2) is 112 Å². The van der Waals surface area contributed by atoms with E-state index in [1.165, 1.54) is 24.3 Å². The van der Waals surface area contributed by atoms with Crippen molar-refractivity contribution >= 4 is 47.3 Å². The zero-order chi connectivity index (χ0) is 40.2. The van der Waals surface area contributed by atoms with E-state index >= 15 is 0 Å². The predicted molar refractivity (Wildman–Crippen MR) is 189 cm³/mol. The molecule has 16 N–H and O–H groups in total. The van der Waals surface area contributed by atoms with Crippen molar-refractivity contribution in [3.63, 3.8) is 0 Å². The highest BCUT2D eigenvalue weighted by Gasteiger charge is 2.34. The van der Waals surface area contributed by atoms with Gasteiger partial charge in [0.2, 0.25) is 41.4 Å². The minimum Gasteiger partial charge on any atom is -0.508 e. The number of hydrogen-bond acceptors (Lipinski definition) is 12. The fraction of sp³-hybridized carbons (Fsp3) is 0.576. The molecular formula is C33H53N9O11. The maximum Gasteiger partial charge on any atom is 0.326 e. The Hall–Kier alpha value is -5.34. The molecule has 0 spiro atoms. The molecule has 20 nitrogen and oxygen atoms in total. The summed E-state index contributed by atoms with van der Waals surface area (Å²) in [6.45, 7) is 2.71. The number of aliphatic hydroxyl groups is 1. The van der Waals surface area contributed by atoms with Crippen LogP contribution in [0.25, 0.3) is 0 Å². The molecule has 0 saturated heterocycles. The van der Waals surface area contributed by atoms with Crippen molar-refractivity contribution < 1.29 is 53.7 Å². The molecule has 0 aliphatic rings. The Morgan fingerprint density at radius 2 is 1.26 bits per heavy atom. The minimum atomic E-state index is -1.67. The maximum absolute atomic E-state index is 13.6. The number of amides is 7. The number of nitrogens with one attached hydrogen (secondary N) is 5. The summed E-state index contributed by atoms with van der Waals surface area (Å²) < 4.78 is 0. The van der Waals surface area contributed by atoms with E-state index in [1.54, 1.807) is 13.8 Å². The number of carboxylic acid groups (broad SMARTS) is 1. The van der Waals surface area contributed by atoms with Crippen molar-refractivity contribution in [2.45, 2.75) is 101 Å². The van der Waals surface area contributed by atoms with Gasteiger partial charge in [0.25, 0.3) is 0 Å². The summed E-state index contributed by atoms with van der Waals surface area (Å²) in [6, 6.07) is -2.97. The Morgan fingerprint density at radius 3 is 1.79 bits per heavy atom. The van der Waals surface area contributed by atoms with Gasteiger partial charge in [-0.1, -0.05) is 32.4 Å². The molecule has 0 bridgehead atoms. The fourth-order valence-corrected chi connectivity index (χ4v) is 4.93. The van der Waals surface area contributed by atoms with Crippen molar-refractivity contribution in [1.29, 1.82) is 0 Å². The average Bonchev–Trinajstić information content (AvgIpc) is 3.10. The number of primary amides is 2. The number of phenols is 1. The number of aliphatic hydroxyl groups excluding tert-OH is 1. The van der Waals surface area contributed by atoms with Crippen LogP contribution in [0, 0.1) is 5.92 Å². The normalized spacial score (nSPS) is 14.9. The standard InChI is InChI=1S/C33H53N9O11/c1-3-17(2)27(42-29(48)21(6-4-5-13-34)38-28(47)20(35)15-26(37)46)32(51)41-24(16-43)31(50)40-23(14-18-7-9-19(44)10-8-18)30(49)39-22(33(52)53)11-12-25(36)45/h7-10,17,20-24,27,43-44H,3-6,11-16,34-35H2,1-2H3,(H2,36,45)(H2,37,46)(H,38,47)(H,39,49)(H,40,50)(H,41,51)(H,42,48)(H,52,53). The highest BCUT2D eigenvalue weighted by Crippen LogP contribution is 2.13. The minimum absolute atomic E-state index is 0.0851. The van der Waals surface area contributed by atoms with Crippen molar-refractivity contribution in [2.75, 3.05) is 13.2 Å². The monoisotopic (exact) mass is 751 g/mol. The summed E-state index contributed by atoms with van der Waals surface area (Å²) in [5.74, 6) is -8.25. The Labute approximate surface area is 306 Å². The van der Waals surface area contributed by atoms with E-state index in [-0.39, 0.29) is 31.4 Å². The van der Waals surface area contributed by atoms with Crippen LogP contribution in [0.2, 0.25) is 0 Å². The van der Waals surface area contributed by atoms with Gasteiger partial charge in [0.05, 0.1) is 19.1 Å². The van der Waals surface area contributed by atoms with Crippen LogP contribution in [0.15, 0.2) is 24.3 Å². The van der Waals surface area contributed by atoms with Gasteiger partial charge in [-0.05, 0) is 55.8 Å². The predicted octanol–water partition coefficient (Wildman–Crippen LogP) is -3.92. The summed E-state index contributed by atoms with van der Waals surface area (Å²) >= 11 is 0. The smallest absolute Gasteiger partial charge is 0.326 e. The number of benzene rings is 1. The van der Waals surface area contributed by atoms with Crippen LogP contribution in [0.3, 0.4) is 0 Å². The van der Waals surface area contributed by atoms with E-state index in [2.05, 4.69) is 26.6 Å². The molecule has 0 saturated carbocycles. The highest BCUT2D eigenvalue weighted by atomic mass is 16.4. The molecule has 20 heteroatoms. The molecule has 0 fully saturated rings. The first-order valence-corrected chi connectivity index (χ1v) is 17.1. The SMILES string of the molecule is CCC(C)C(NC(=O)C(CCCCN)NC(=O)C(N)CC(N)=O)C(=O)NC(CO)C(=O)NC(Cc1ccc(O)cc1)C(=O)NC(CCC(N)=O)C(=O)O. The number of hydrogen-bond donors (Lipinski definition) is 12. The van der Waals surface area contributed by atoms with Gasteiger partial charge in [0.15, 0.2) is 0 Å². The van der Waals surface area contributed by atoms with Crippen molar-refractivity contribution in [1.82, 2.24) is 26.6 Å². The lowest BCUT2D eigenvalue weighted by Gasteiger charge is -2.29. The first kappa shape index (κ1) is 45.7. The Morgan fingerprint density at radius 1 is 0.717 bits per heavy atom. The number of carboxylic acids is 1. The Bertz CT molecular complexity index is 1430. The molecule has 0 aromatic heterocycles. The molecular weight excluding hydrogens is 698 g/mol. The second-order valence-electron chi connectivity index (χ2n) is 12.6. The largest absolute Gasteiger partial charge is 0.508 e. The summed E-state index contributed by atoms with van der Waals surface area (Å²) in [5, 5.41) is 41.4. The van der Waals surface area contributed by atoms with Gasteiger partial charge in [-0.2, -0.15) is 0 Å². The number of rotatable bonds is 25. The van der Waals surface area contributed by atoms with Gasteiger partial charge in [0, 0.05) is 12.8 Å². The van der Waals surface area contributed by atoms with Gasteiger partial charge >= 0.3 is 5.97 Å². The number of unbranched alkanes of at least 4 members (excludes halogenated alkanes) is 1. The summed E-state index contributed by atoms with van der Waals surface area (Å²) in [4.78, 5) is 101. The first-order valence-electron chi connectivity index (χ1n) is 17.1. The quantitative estimate of drug-likeness (QED) is 0.0425. The average molecular weight is 752 g/mol. The highest BCUT2D eigenvalue weighted by molar-refractivity contribution is 5.97. The van der Waals surface area contributed by atoms with Crippen molar-refractivity contribution in [3.8, 4) is 5.75 Å². The van der Waals surface area contributed by atoms with Gasteiger partial charge in [-0.3, -0.25) is 33.6 Å². The zero-order valence-corrected chi connectivity index (χ0v) is 29.8. The van der Waals surface area contributed by atoms with E-state index < -0.39 is 103 Å². The van der Waals surface area contributed by atoms with Gasteiger partial charge in [-0.25, -0.2) is 4.79 Å². The summed E-state index contributed by atoms with van der Waals surface area (Å²) in [5.41, 5.74) is 22.0. The first-order chi connectivity index (χ1) is 24.9. The molecule has 1 aromatic carbocycles. The van der Waals surface area contributed by atoms with Gasteiger partial charge < -0.3 is 64.8 Å². The third-order valence-electron chi connectivity index (χ3n) is 8.25. The molecule has 0 heterocycles. The lowest BCUT2D eigenvalue weighted by Crippen LogP contribution is -2.61. The molecule has 1 aromatic rings. The summed E-state index contributed by atoms with van der Waals surface area (Å²) in [6.07, 6.45) is -0.0254. The maximum atomic E-state index is 13.6. The number of phenolic OH excluding ortho intramolecular Hbond substituents is 1. The lowest BCUT2D eigenvalue weighted by molar-refractivity contribution is -0.142. The van der Waals surface area contributed by atoms with Gasteiger partial charge in [-0.15, -0.1) is 0 Å². The molecule has 7 atom stereocenters. The molecule has 1 rings (SSSR count). The Kier molecular flexibility index (Phi) is 20.1. The lowest BCUT2D eigenvalue weighted by atomic mass is 9.97. The summed E-state index contributed by atoms with van der Waals surface area (Å²) in [7, 11) is 0. The molecule has 7 amide bonds. The van der Waals surface area contributed by atoms with Gasteiger partial charge in [0.1, 0.15) is 36.0 Å². The van der Waals surface area contributed by atoms with Crippen LogP contribution in [0.5, 0.6) is 5.75 Å². The number of carbonyl (C=O) groups is 8. The fourth-order valence-electron chi connectivity index (χ4n) is 4.93. The molecule has 0 aliphatic heterocycles.